The van der Waals surface area contributed by atoms with Gasteiger partial charge in [-0.05, 0) is 0 Å². The molecule has 0 aromatic heterocycles. The molecule has 1 fully saturated rings. The lowest BCUT2D eigenvalue weighted by atomic mass is 9.93. The molecule has 2 rings (SSSR count). The van der Waals surface area contributed by atoms with Gasteiger partial charge < -0.3 is 14.9 Å². The molecular weight excluding hydrogens is 242 g/mol. The molecule has 0 aromatic rings. The van der Waals surface area contributed by atoms with Gasteiger partial charge in [0, 0.05) is 11.8 Å². The van der Waals surface area contributed by atoms with Crippen LogP contribution in [0.15, 0.2) is 0 Å². The number of fused-ring (bicyclic) bond motifs is 1. The van der Waals surface area contributed by atoms with Crippen molar-refractivity contribution in [2.45, 2.75) is 30.2 Å². The molecular formula is C8H11F2N2O3S+. The molecule has 5 unspecified atom stereocenters. The van der Waals surface area contributed by atoms with Crippen LogP contribution in [0.2, 0.25) is 0 Å². The monoisotopic (exact) mass is 253 g/mol. The summed E-state index contributed by atoms with van der Waals surface area (Å²) in [6, 6.07) is 0. The van der Waals surface area contributed by atoms with Crippen LogP contribution in [0.4, 0.5) is 8.78 Å². The third-order valence-electron chi connectivity index (χ3n) is 2.55. The smallest absolute Gasteiger partial charge is 0.389 e. The summed E-state index contributed by atoms with van der Waals surface area (Å²) >= 11 is 0.967. The van der Waals surface area contributed by atoms with Crippen LogP contribution in [0.5, 0.6) is 0 Å². The highest BCUT2D eigenvalue weighted by Crippen LogP contribution is 2.34. The van der Waals surface area contributed by atoms with Gasteiger partial charge in [0.15, 0.2) is 6.21 Å². The zero-order chi connectivity index (χ0) is 11.9. The number of halogens is 2. The lowest BCUT2D eigenvalue weighted by Crippen LogP contribution is -2.57. The fraction of sp³-hybridized carbons (Fsp3) is 0.750. The Bertz CT molecular complexity index is 346. The standard InChI is InChI=1S/C8H10F2N2O3S/c9-6(10)5-4(14)3(13)2-1-12-8(11)16-7(2)15-5/h1-7,11,13-14H/p+1. The van der Waals surface area contributed by atoms with E-state index in [0.29, 0.717) is 0 Å². The zero-order valence-electron chi connectivity index (χ0n) is 8.03. The van der Waals surface area contributed by atoms with Crippen molar-refractivity contribution in [3.8, 4) is 0 Å². The minimum Gasteiger partial charge on any atom is -0.389 e. The molecule has 4 N–H and O–H groups in total. The van der Waals surface area contributed by atoms with Crippen LogP contribution in [-0.4, -0.2) is 51.8 Å². The number of rotatable bonds is 1. The molecule has 0 aromatic carbocycles. The van der Waals surface area contributed by atoms with Gasteiger partial charge in [0.2, 0.25) is 0 Å². The van der Waals surface area contributed by atoms with Crippen LogP contribution >= 0.6 is 11.8 Å². The van der Waals surface area contributed by atoms with Crippen LogP contribution in [0, 0.1) is 5.92 Å². The van der Waals surface area contributed by atoms with Crippen LogP contribution < -0.4 is 10.4 Å². The summed E-state index contributed by atoms with van der Waals surface area (Å²) < 4.78 is 33.8. The van der Waals surface area contributed by atoms with E-state index in [2.05, 4.69) is 4.67 Å². The normalized spacial score (nSPS) is 43.1. The van der Waals surface area contributed by atoms with Crippen molar-refractivity contribution >= 4 is 23.1 Å². The predicted octanol–water partition coefficient (Wildman–Crippen LogP) is -1.49. The van der Waals surface area contributed by atoms with Crippen LogP contribution in [0.1, 0.15) is 0 Å². The molecule has 5 nitrogen and oxygen atoms in total. The largest absolute Gasteiger partial charge is 0.404 e. The van der Waals surface area contributed by atoms with E-state index >= 15 is 0 Å². The maximum absolute atomic E-state index is 12.5. The second-order valence-corrected chi connectivity index (χ2v) is 4.71. The fourth-order valence-corrected chi connectivity index (χ4v) is 2.62. The van der Waals surface area contributed by atoms with E-state index < -0.39 is 36.1 Å². The Morgan fingerprint density at radius 3 is 2.75 bits per heavy atom. The average molecular weight is 253 g/mol. The lowest BCUT2D eigenvalue weighted by molar-refractivity contribution is -0.198. The van der Waals surface area contributed by atoms with Gasteiger partial charge in [-0.1, -0.05) is 0 Å². The van der Waals surface area contributed by atoms with Gasteiger partial charge >= 0.3 is 5.17 Å². The molecule has 90 valence electrons. The van der Waals surface area contributed by atoms with Gasteiger partial charge in [-0.3, -0.25) is 5.73 Å². The lowest BCUT2D eigenvalue weighted by Gasteiger charge is -2.39. The molecule has 0 bridgehead atoms. The van der Waals surface area contributed by atoms with E-state index in [9.17, 15) is 19.0 Å². The topological polar surface area (TPSA) is 89.8 Å². The Labute approximate surface area is 94.0 Å². The second kappa shape index (κ2) is 4.31. The van der Waals surface area contributed by atoms with Gasteiger partial charge in [0.1, 0.15) is 17.6 Å². The Kier molecular flexibility index (Phi) is 3.18. The summed E-state index contributed by atoms with van der Waals surface area (Å²) in [5.41, 5.74) is 4.69. The second-order valence-electron chi connectivity index (χ2n) is 3.60. The minimum absolute atomic E-state index is 0.192. The highest BCUT2D eigenvalue weighted by molar-refractivity contribution is 8.14. The van der Waals surface area contributed by atoms with Crippen molar-refractivity contribution < 1.29 is 23.7 Å². The van der Waals surface area contributed by atoms with Gasteiger partial charge in [0.25, 0.3) is 6.43 Å². The first kappa shape index (κ1) is 11.8. The molecule has 0 saturated carbocycles. The Hall–Kier alpha value is -0.660. The molecule has 2 heterocycles. The molecule has 0 amide bonds. The number of hydrogen-bond acceptors (Lipinski definition) is 5. The minimum atomic E-state index is -2.86. The maximum atomic E-state index is 12.5. The highest BCUT2D eigenvalue weighted by Gasteiger charge is 2.50. The van der Waals surface area contributed by atoms with E-state index in [-0.39, 0.29) is 5.17 Å². The first-order chi connectivity index (χ1) is 7.50. The molecule has 1 saturated heterocycles. The van der Waals surface area contributed by atoms with Crippen LogP contribution in [0.25, 0.3) is 0 Å². The number of hydrogen-bond donors (Lipinski definition) is 3. The molecule has 8 heteroatoms. The van der Waals surface area contributed by atoms with Crippen molar-refractivity contribution in [1.82, 2.24) is 4.67 Å². The molecule has 0 spiro atoms. The molecule has 5 atom stereocenters. The first-order valence-corrected chi connectivity index (χ1v) is 5.51. The summed E-state index contributed by atoms with van der Waals surface area (Å²) in [4.78, 5) is 0. The molecule has 16 heavy (non-hydrogen) atoms. The molecule has 2 aliphatic rings. The number of nitrogens with zero attached hydrogens (tertiary/aromatic N) is 1. The molecule has 0 radical (unpaired) electrons. The van der Waals surface area contributed by atoms with Gasteiger partial charge in [0.05, 0.1) is 12.0 Å². The summed E-state index contributed by atoms with van der Waals surface area (Å²) in [6.07, 6.45) is -6.16. The van der Waals surface area contributed by atoms with E-state index in [0.717, 1.165) is 11.8 Å². The van der Waals surface area contributed by atoms with E-state index in [4.69, 9.17) is 10.5 Å². The van der Waals surface area contributed by atoms with Gasteiger partial charge in [-0.25, -0.2) is 13.4 Å². The predicted molar refractivity (Wildman–Crippen MR) is 55.2 cm³/mol. The Morgan fingerprint density at radius 1 is 1.44 bits per heavy atom. The summed E-state index contributed by atoms with van der Waals surface area (Å²) in [5, 5.41) is 19.3. The number of aliphatic hydroxyl groups excluding tert-OH is 2. The first-order valence-electron chi connectivity index (χ1n) is 4.63. The number of nitrogens with two attached hydrogens (primary N) is 1. The third-order valence-corrected chi connectivity index (χ3v) is 3.55. The molecule has 0 aliphatic carbocycles. The van der Waals surface area contributed by atoms with Crippen LogP contribution in [-0.2, 0) is 4.74 Å². The SMILES string of the molecule is NC1=[N+]=CC2C(OC(C(F)F)C(O)C2O)S1. The van der Waals surface area contributed by atoms with E-state index in [1.54, 1.807) is 0 Å². The summed E-state index contributed by atoms with van der Waals surface area (Å²) in [5.74, 6) is -0.623. The van der Waals surface area contributed by atoms with Gasteiger partial charge in [-0.15, -0.1) is 0 Å². The van der Waals surface area contributed by atoms with Crippen molar-refractivity contribution in [3.63, 3.8) is 0 Å². The maximum Gasteiger partial charge on any atom is 0.404 e. The van der Waals surface area contributed by atoms with E-state index in [1.165, 1.54) is 6.21 Å². The van der Waals surface area contributed by atoms with Gasteiger partial charge in [-0.2, -0.15) is 0 Å². The number of amidine groups is 1. The van der Waals surface area contributed by atoms with Crippen molar-refractivity contribution in [2.24, 2.45) is 11.7 Å². The third kappa shape index (κ3) is 1.94. The fourth-order valence-electron chi connectivity index (χ4n) is 1.69. The zero-order valence-corrected chi connectivity index (χ0v) is 8.85. The average Bonchev–Trinajstić information content (AvgIpc) is 2.22. The summed E-state index contributed by atoms with van der Waals surface area (Å²) in [7, 11) is 0. The number of alkyl halides is 2. The summed E-state index contributed by atoms with van der Waals surface area (Å²) in [6.45, 7) is 0. The Morgan fingerprint density at radius 2 is 2.12 bits per heavy atom. The molecule has 2 aliphatic heterocycles. The number of ether oxygens (including phenoxy) is 1. The quantitative estimate of drug-likeness (QED) is 0.496. The van der Waals surface area contributed by atoms with Crippen molar-refractivity contribution in [1.29, 1.82) is 0 Å². The van der Waals surface area contributed by atoms with Crippen molar-refractivity contribution in [2.75, 3.05) is 0 Å². The van der Waals surface area contributed by atoms with Crippen LogP contribution in [0.3, 0.4) is 0 Å². The number of aliphatic hydroxyl groups is 2. The number of thioether (sulfide) groups is 1. The van der Waals surface area contributed by atoms with E-state index in [1.807, 2.05) is 0 Å². The Balaban J connectivity index is 2.21. The van der Waals surface area contributed by atoms with Crippen molar-refractivity contribution in [3.05, 3.63) is 0 Å². The highest BCUT2D eigenvalue weighted by atomic mass is 32.2.